The van der Waals surface area contributed by atoms with Crippen LogP contribution in [-0.2, 0) is 0 Å². The monoisotopic (exact) mass is 215 g/mol. The van der Waals surface area contributed by atoms with Crippen molar-refractivity contribution in [3.05, 3.63) is 53.5 Å². The number of benzene rings is 1. The molecule has 1 aromatic heterocycles. The molecule has 0 atom stereocenters. The Morgan fingerprint density at radius 1 is 1.31 bits per heavy atom. The van der Waals surface area contributed by atoms with Gasteiger partial charge in [0.2, 0.25) is 0 Å². The van der Waals surface area contributed by atoms with Crippen LogP contribution in [0, 0.1) is 12.7 Å². The highest BCUT2D eigenvalue weighted by Gasteiger charge is 2.09. The van der Waals surface area contributed by atoms with Crippen molar-refractivity contribution in [1.82, 2.24) is 4.98 Å². The van der Waals surface area contributed by atoms with E-state index in [-0.39, 0.29) is 5.56 Å². The Kier molecular flexibility index (Phi) is 2.77. The van der Waals surface area contributed by atoms with E-state index >= 15 is 0 Å². The lowest BCUT2D eigenvalue weighted by molar-refractivity contribution is 0.112. The second kappa shape index (κ2) is 4.23. The van der Waals surface area contributed by atoms with Crippen LogP contribution >= 0.6 is 0 Å². The number of nitrogens with zero attached hydrogens (tertiary/aromatic N) is 1. The van der Waals surface area contributed by atoms with Crippen LogP contribution in [-0.4, -0.2) is 11.3 Å². The van der Waals surface area contributed by atoms with Gasteiger partial charge in [-0.25, -0.2) is 4.39 Å². The summed E-state index contributed by atoms with van der Waals surface area (Å²) in [5.41, 5.74) is 2.21. The molecule has 0 radical (unpaired) electrons. The van der Waals surface area contributed by atoms with Gasteiger partial charge in [0.15, 0.2) is 6.29 Å². The van der Waals surface area contributed by atoms with Gasteiger partial charge in [0.1, 0.15) is 5.82 Å². The molecule has 2 rings (SSSR count). The van der Waals surface area contributed by atoms with Gasteiger partial charge in [-0.1, -0.05) is 12.1 Å². The molecule has 80 valence electrons. The Bertz CT molecular complexity index is 537. The zero-order chi connectivity index (χ0) is 11.5. The van der Waals surface area contributed by atoms with E-state index in [1.807, 2.05) is 19.1 Å². The molecule has 3 heteroatoms. The number of carbonyl (C=O) groups excluding carboxylic acids is 1. The SMILES string of the molecule is Cc1ccnc(-c2cccc(F)c2C=O)c1. The third-order valence-electron chi connectivity index (χ3n) is 2.36. The summed E-state index contributed by atoms with van der Waals surface area (Å²) in [5, 5.41) is 0. The topological polar surface area (TPSA) is 30.0 Å². The van der Waals surface area contributed by atoms with Crippen molar-refractivity contribution in [3.63, 3.8) is 0 Å². The molecule has 0 aliphatic heterocycles. The third-order valence-corrected chi connectivity index (χ3v) is 2.36. The predicted octanol–water partition coefficient (Wildman–Crippen LogP) is 3.01. The summed E-state index contributed by atoms with van der Waals surface area (Å²) in [4.78, 5) is 15.0. The predicted molar refractivity (Wildman–Crippen MR) is 59.8 cm³/mol. The van der Waals surface area contributed by atoms with Crippen LogP contribution < -0.4 is 0 Å². The Labute approximate surface area is 92.8 Å². The Hall–Kier alpha value is -2.03. The van der Waals surface area contributed by atoms with Gasteiger partial charge in [0.05, 0.1) is 11.3 Å². The highest BCUT2D eigenvalue weighted by Crippen LogP contribution is 2.23. The van der Waals surface area contributed by atoms with Gasteiger partial charge < -0.3 is 0 Å². The van der Waals surface area contributed by atoms with E-state index in [4.69, 9.17) is 0 Å². The van der Waals surface area contributed by atoms with E-state index in [0.717, 1.165) is 5.56 Å². The minimum Gasteiger partial charge on any atom is -0.298 e. The lowest BCUT2D eigenvalue weighted by Crippen LogP contribution is -1.94. The fourth-order valence-corrected chi connectivity index (χ4v) is 1.56. The maximum atomic E-state index is 13.4. The van der Waals surface area contributed by atoms with Crippen LogP contribution in [0.5, 0.6) is 0 Å². The summed E-state index contributed by atoms with van der Waals surface area (Å²) in [6.45, 7) is 1.92. The molecular weight excluding hydrogens is 205 g/mol. The maximum absolute atomic E-state index is 13.4. The molecule has 2 aromatic rings. The summed E-state index contributed by atoms with van der Waals surface area (Å²) < 4.78 is 13.4. The first-order valence-electron chi connectivity index (χ1n) is 4.89. The fraction of sp³-hybridized carbons (Fsp3) is 0.0769. The number of carbonyl (C=O) groups is 1. The molecule has 0 amide bonds. The number of hydrogen-bond acceptors (Lipinski definition) is 2. The number of pyridine rings is 1. The van der Waals surface area contributed by atoms with Crippen molar-refractivity contribution in [3.8, 4) is 11.3 Å². The number of aryl methyl sites for hydroxylation is 1. The van der Waals surface area contributed by atoms with Crippen molar-refractivity contribution >= 4 is 6.29 Å². The summed E-state index contributed by atoms with van der Waals surface area (Å²) in [6, 6.07) is 8.20. The molecule has 1 heterocycles. The standard InChI is InChI=1S/C13H10FNO/c1-9-5-6-15-13(7-9)10-3-2-4-12(14)11(10)8-16/h2-8H,1H3. The highest BCUT2D eigenvalue weighted by atomic mass is 19.1. The second-order valence-electron chi connectivity index (χ2n) is 3.54. The molecule has 0 N–H and O–H groups in total. The Morgan fingerprint density at radius 2 is 2.12 bits per heavy atom. The van der Waals surface area contributed by atoms with Gasteiger partial charge in [-0.05, 0) is 30.7 Å². The third kappa shape index (κ3) is 1.84. The number of aromatic nitrogens is 1. The van der Waals surface area contributed by atoms with Gasteiger partial charge in [-0.2, -0.15) is 0 Å². The molecule has 0 aliphatic rings. The smallest absolute Gasteiger partial charge is 0.153 e. The molecule has 0 saturated carbocycles. The number of halogens is 1. The quantitative estimate of drug-likeness (QED) is 0.721. The maximum Gasteiger partial charge on any atom is 0.153 e. The van der Waals surface area contributed by atoms with E-state index < -0.39 is 5.82 Å². The van der Waals surface area contributed by atoms with Crippen molar-refractivity contribution in [2.24, 2.45) is 0 Å². The van der Waals surface area contributed by atoms with Crippen molar-refractivity contribution < 1.29 is 9.18 Å². The summed E-state index contributed by atoms with van der Waals surface area (Å²) >= 11 is 0. The molecule has 0 saturated heterocycles. The molecular formula is C13H10FNO. The van der Waals surface area contributed by atoms with Crippen LogP contribution in [0.2, 0.25) is 0 Å². The van der Waals surface area contributed by atoms with Crippen LogP contribution in [0.25, 0.3) is 11.3 Å². The summed E-state index contributed by atoms with van der Waals surface area (Å²) in [5.74, 6) is -0.518. The van der Waals surface area contributed by atoms with E-state index in [1.54, 1.807) is 18.3 Å². The van der Waals surface area contributed by atoms with E-state index in [2.05, 4.69) is 4.98 Å². The Morgan fingerprint density at radius 3 is 2.81 bits per heavy atom. The second-order valence-corrected chi connectivity index (χ2v) is 3.54. The van der Waals surface area contributed by atoms with Crippen LogP contribution in [0.15, 0.2) is 36.5 Å². The van der Waals surface area contributed by atoms with E-state index in [9.17, 15) is 9.18 Å². The van der Waals surface area contributed by atoms with Gasteiger partial charge >= 0.3 is 0 Å². The molecule has 0 aliphatic carbocycles. The average Bonchev–Trinajstić information content (AvgIpc) is 2.28. The van der Waals surface area contributed by atoms with Gasteiger partial charge in [-0.15, -0.1) is 0 Å². The Balaban J connectivity index is 2.64. The van der Waals surface area contributed by atoms with Crippen molar-refractivity contribution in [2.75, 3.05) is 0 Å². The molecule has 0 fully saturated rings. The molecule has 0 spiro atoms. The van der Waals surface area contributed by atoms with E-state index in [1.165, 1.54) is 6.07 Å². The normalized spacial score (nSPS) is 10.1. The number of hydrogen-bond donors (Lipinski definition) is 0. The molecule has 0 bridgehead atoms. The largest absolute Gasteiger partial charge is 0.298 e. The zero-order valence-electron chi connectivity index (χ0n) is 8.77. The van der Waals surface area contributed by atoms with Crippen LogP contribution in [0.4, 0.5) is 4.39 Å². The van der Waals surface area contributed by atoms with Crippen molar-refractivity contribution in [1.29, 1.82) is 0 Å². The van der Waals surface area contributed by atoms with Crippen LogP contribution in [0.3, 0.4) is 0 Å². The number of aldehydes is 1. The first-order valence-corrected chi connectivity index (χ1v) is 4.89. The van der Waals surface area contributed by atoms with E-state index in [0.29, 0.717) is 17.5 Å². The van der Waals surface area contributed by atoms with Gasteiger partial charge in [-0.3, -0.25) is 9.78 Å². The molecule has 0 unspecified atom stereocenters. The van der Waals surface area contributed by atoms with Crippen molar-refractivity contribution in [2.45, 2.75) is 6.92 Å². The zero-order valence-corrected chi connectivity index (χ0v) is 8.77. The number of rotatable bonds is 2. The summed E-state index contributed by atoms with van der Waals surface area (Å²) in [6.07, 6.45) is 2.17. The minimum absolute atomic E-state index is 0.0561. The van der Waals surface area contributed by atoms with Crippen LogP contribution in [0.1, 0.15) is 15.9 Å². The average molecular weight is 215 g/mol. The summed E-state index contributed by atoms with van der Waals surface area (Å²) in [7, 11) is 0. The van der Waals surface area contributed by atoms with Gasteiger partial charge in [0.25, 0.3) is 0 Å². The molecule has 16 heavy (non-hydrogen) atoms. The fourth-order valence-electron chi connectivity index (χ4n) is 1.56. The molecule has 2 nitrogen and oxygen atoms in total. The lowest BCUT2D eigenvalue weighted by Gasteiger charge is -2.05. The first-order chi connectivity index (χ1) is 7.72. The highest BCUT2D eigenvalue weighted by molar-refractivity contribution is 5.86. The molecule has 1 aromatic carbocycles. The lowest BCUT2D eigenvalue weighted by atomic mass is 10.0. The first kappa shape index (κ1) is 10.5. The van der Waals surface area contributed by atoms with Gasteiger partial charge in [0, 0.05) is 11.8 Å². The minimum atomic E-state index is -0.518.